The van der Waals surface area contributed by atoms with Gasteiger partial charge in [-0.25, -0.2) is 0 Å². The van der Waals surface area contributed by atoms with Crippen LogP contribution in [0.2, 0.25) is 0 Å². The maximum atomic E-state index is 9.46. The molecule has 17 heavy (non-hydrogen) atoms. The first kappa shape index (κ1) is 14.5. The van der Waals surface area contributed by atoms with Gasteiger partial charge in [0.25, 0.3) is 0 Å². The first-order valence-corrected chi connectivity index (χ1v) is 6.55. The Hall–Kier alpha value is -0.580. The number of benzene rings is 1. The molecule has 0 heterocycles. The fraction of sp³-hybridized carbons (Fsp3) is 0.538. The van der Waals surface area contributed by atoms with Gasteiger partial charge in [0.05, 0.1) is 19.8 Å². The van der Waals surface area contributed by atoms with Gasteiger partial charge < -0.3 is 15.2 Å². The van der Waals surface area contributed by atoms with Crippen molar-refractivity contribution in [1.29, 1.82) is 0 Å². The number of hydrogen-bond donors (Lipinski definition) is 2. The van der Waals surface area contributed by atoms with Crippen LogP contribution in [0.4, 0.5) is 0 Å². The number of aliphatic hydroxyl groups excluding tert-OH is 1. The standard InChI is InChI=1S/C13H20BrNO2/c1-9(2)7-15-13(8-16)11-6-10(17-3)4-5-12(11)14/h4-6,9,13,15-16H,7-8H2,1-3H3. The molecule has 0 saturated heterocycles. The summed E-state index contributed by atoms with van der Waals surface area (Å²) in [5.74, 6) is 1.35. The first-order chi connectivity index (χ1) is 8.08. The number of nitrogens with one attached hydrogen (secondary N) is 1. The normalized spacial score (nSPS) is 12.8. The smallest absolute Gasteiger partial charge is 0.119 e. The van der Waals surface area contributed by atoms with E-state index in [0.29, 0.717) is 5.92 Å². The van der Waals surface area contributed by atoms with Crippen LogP contribution in [0.25, 0.3) is 0 Å². The van der Waals surface area contributed by atoms with Gasteiger partial charge in [0, 0.05) is 4.47 Å². The minimum Gasteiger partial charge on any atom is -0.497 e. The Morgan fingerprint density at radius 1 is 1.41 bits per heavy atom. The average molecular weight is 302 g/mol. The summed E-state index contributed by atoms with van der Waals surface area (Å²) >= 11 is 3.50. The predicted molar refractivity (Wildman–Crippen MR) is 73.4 cm³/mol. The molecule has 4 heteroatoms. The summed E-state index contributed by atoms with van der Waals surface area (Å²) in [6.45, 7) is 5.22. The predicted octanol–water partition coefficient (Wildman–Crippen LogP) is 2.74. The van der Waals surface area contributed by atoms with Crippen LogP contribution in [-0.2, 0) is 0 Å². The number of hydrogen-bond acceptors (Lipinski definition) is 3. The number of halogens is 1. The van der Waals surface area contributed by atoms with Gasteiger partial charge in [-0.3, -0.25) is 0 Å². The Morgan fingerprint density at radius 2 is 2.12 bits per heavy atom. The highest BCUT2D eigenvalue weighted by atomic mass is 79.9. The second-order valence-electron chi connectivity index (χ2n) is 4.42. The third kappa shape index (κ3) is 4.30. The molecule has 0 aliphatic rings. The van der Waals surface area contributed by atoms with E-state index >= 15 is 0 Å². The van der Waals surface area contributed by atoms with Crippen molar-refractivity contribution in [3.63, 3.8) is 0 Å². The third-order valence-corrected chi connectivity index (χ3v) is 3.26. The number of ether oxygens (including phenoxy) is 1. The molecule has 0 radical (unpaired) electrons. The molecule has 0 bridgehead atoms. The van der Waals surface area contributed by atoms with Crippen molar-refractivity contribution < 1.29 is 9.84 Å². The Kier molecular flexibility index (Phi) is 5.95. The van der Waals surface area contributed by atoms with E-state index < -0.39 is 0 Å². The molecule has 1 rings (SSSR count). The molecule has 1 aromatic carbocycles. The molecular formula is C13H20BrNO2. The monoisotopic (exact) mass is 301 g/mol. The van der Waals surface area contributed by atoms with E-state index in [-0.39, 0.29) is 12.6 Å². The summed E-state index contributed by atoms with van der Waals surface area (Å²) in [6.07, 6.45) is 0. The molecular weight excluding hydrogens is 282 g/mol. The van der Waals surface area contributed by atoms with Crippen molar-refractivity contribution in [1.82, 2.24) is 5.32 Å². The van der Waals surface area contributed by atoms with Crippen molar-refractivity contribution in [2.75, 3.05) is 20.3 Å². The van der Waals surface area contributed by atoms with Gasteiger partial charge in [0.15, 0.2) is 0 Å². The fourth-order valence-electron chi connectivity index (χ4n) is 1.57. The summed E-state index contributed by atoms with van der Waals surface area (Å²) < 4.78 is 6.18. The molecule has 3 nitrogen and oxygen atoms in total. The van der Waals surface area contributed by atoms with Gasteiger partial charge in [0.1, 0.15) is 5.75 Å². The maximum Gasteiger partial charge on any atom is 0.119 e. The van der Waals surface area contributed by atoms with Gasteiger partial charge in [-0.15, -0.1) is 0 Å². The van der Waals surface area contributed by atoms with Crippen LogP contribution >= 0.6 is 15.9 Å². The fourth-order valence-corrected chi connectivity index (χ4v) is 2.09. The lowest BCUT2D eigenvalue weighted by molar-refractivity contribution is 0.240. The van der Waals surface area contributed by atoms with Gasteiger partial charge in [-0.1, -0.05) is 29.8 Å². The molecule has 0 aliphatic carbocycles. The van der Waals surface area contributed by atoms with Crippen LogP contribution in [0.5, 0.6) is 5.75 Å². The van der Waals surface area contributed by atoms with E-state index in [2.05, 4.69) is 35.1 Å². The SMILES string of the molecule is COc1ccc(Br)c(C(CO)NCC(C)C)c1. The van der Waals surface area contributed by atoms with Crippen molar-refractivity contribution in [2.24, 2.45) is 5.92 Å². The van der Waals surface area contributed by atoms with E-state index in [1.165, 1.54) is 0 Å². The summed E-state index contributed by atoms with van der Waals surface area (Å²) in [5.41, 5.74) is 1.02. The highest BCUT2D eigenvalue weighted by Crippen LogP contribution is 2.27. The maximum absolute atomic E-state index is 9.46. The highest BCUT2D eigenvalue weighted by molar-refractivity contribution is 9.10. The zero-order valence-electron chi connectivity index (χ0n) is 10.5. The molecule has 0 amide bonds. The summed E-state index contributed by atoms with van der Waals surface area (Å²) in [6, 6.07) is 5.71. The summed E-state index contributed by atoms with van der Waals surface area (Å²) in [4.78, 5) is 0. The topological polar surface area (TPSA) is 41.5 Å². The van der Waals surface area contributed by atoms with Gasteiger partial charge in [-0.05, 0) is 36.2 Å². The van der Waals surface area contributed by atoms with Crippen LogP contribution in [0.15, 0.2) is 22.7 Å². The number of methoxy groups -OCH3 is 1. The van der Waals surface area contributed by atoms with Crippen molar-refractivity contribution in [2.45, 2.75) is 19.9 Å². The lowest BCUT2D eigenvalue weighted by Crippen LogP contribution is -2.28. The molecule has 1 unspecified atom stereocenters. The molecule has 0 aliphatic heterocycles. The minimum absolute atomic E-state index is 0.0677. The Morgan fingerprint density at radius 3 is 2.65 bits per heavy atom. The molecule has 0 aromatic heterocycles. The van der Waals surface area contributed by atoms with Crippen LogP contribution in [0, 0.1) is 5.92 Å². The second-order valence-corrected chi connectivity index (χ2v) is 5.28. The van der Waals surface area contributed by atoms with Gasteiger partial charge in [-0.2, -0.15) is 0 Å². The van der Waals surface area contributed by atoms with Crippen molar-refractivity contribution in [3.05, 3.63) is 28.2 Å². The molecule has 0 spiro atoms. The van der Waals surface area contributed by atoms with Crippen LogP contribution < -0.4 is 10.1 Å². The first-order valence-electron chi connectivity index (χ1n) is 5.76. The lowest BCUT2D eigenvalue weighted by Gasteiger charge is -2.20. The Labute approximate surface area is 111 Å². The van der Waals surface area contributed by atoms with E-state index in [9.17, 15) is 5.11 Å². The number of rotatable bonds is 6. The quantitative estimate of drug-likeness (QED) is 0.849. The average Bonchev–Trinajstić information content (AvgIpc) is 2.31. The van der Waals surface area contributed by atoms with Crippen molar-refractivity contribution in [3.8, 4) is 5.75 Å². The van der Waals surface area contributed by atoms with Crippen molar-refractivity contribution >= 4 is 15.9 Å². The zero-order valence-corrected chi connectivity index (χ0v) is 12.1. The van der Waals surface area contributed by atoms with Crippen LogP contribution in [-0.4, -0.2) is 25.4 Å². The number of aliphatic hydroxyl groups is 1. The van der Waals surface area contributed by atoms with E-state index in [1.807, 2.05) is 18.2 Å². The largest absolute Gasteiger partial charge is 0.497 e. The van der Waals surface area contributed by atoms with Gasteiger partial charge in [0.2, 0.25) is 0 Å². The van der Waals surface area contributed by atoms with Gasteiger partial charge >= 0.3 is 0 Å². The van der Waals surface area contributed by atoms with E-state index in [0.717, 1.165) is 22.3 Å². The molecule has 96 valence electrons. The Bertz CT molecular complexity index is 355. The highest BCUT2D eigenvalue weighted by Gasteiger charge is 2.14. The second kappa shape index (κ2) is 6.99. The third-order valence-electron chi connectivity index (χ3n) is 2.53. The van der Waals surface area contributed by atoms with Crippen LogP contribution in [0.1, 0.15) is 25.5 Å². The van der Waals surface area contributed by atoms with E-state index in [1.54, 1.807) is 7.11 Å². The summed E-state index contributed by atoms with van der Waals surface area (Å²) in [7, 11) is 1.64. The van der Waals surface area contributed by atoms with Crippen LogP contribution in [0.3, 0.4) is 0 Å². The van der Waals surface area contributed by atoms with E-state index in [4.69, 9.17) is 4.74 Å². The minimum atomic E-state index is -0.0677. The zero-order chi connectivity index (χ0) is 12.8. The molecule has 0 saturated carbocycles. The molecule has 1 atom stereocenters. The Balaban J connectivity index is 2.86. The molecule has 2 N–H and O–H groups in total. The lowest BCUT2D eigenvalue weighted by atomic mass is 10.1. The summed E-state index contributed by atoms with van der Waals surface area (Å²) in [5, 5.41) is 12.8. The molecule has 0 fully saturated rings. The molecule has 1 aromatic rings.